The molecule has 5 N–H and O–H groups in total. The topological polar surface area (TPSA) is 107 Å². The van der Waals surface area contributed by atoms with Crippen molar-refractivity contribution >= 4 is 28.2 Å². The van der Waals surface area contributed by atoms with Crippen molar-refractivity contribution < 1.29 is 9.90 Å². The number of aromatic carboxylic acids is 1. The molecule has 0 spiro atoms. The number of fused-ring (bicyclic) bond motifs is 1. The molecule has 27 heavy (non-hydrogen) atoms. The predicted octanol–water partition coefficient (Wildman–Crippen LogP) is 3.88. The number of nitrogens with two attached hydrogens (primary N) is 2. The van der Waals surface area contributed by atoms with Crippen molar-refractivity contribution in [2.24, 2.45) is 0 Å². The zero-order valence-corrected chi connectivity index (χ0v) is 14.8. The molecule has 1 aromatic heterocycles. The lowest BCUT2D eigenvalue weighted by molar-refractivity contribution is 0.0698. The first-order chi connectivity index (χ1) is 13.0. The molecule has 0 unspecified atom stereocenters. The molecule has 4 aromatic rings. The number of anilines is 2. The predicted molar refractivity (Wildman–Crippen MR) is 108 cm³/mol. The Kier molecular flexibility index (Phi) is 5.08. The molecule has 0 aliphatic carbocycles. The Morgan fingerprint density at radius 2 is 1.52 bits per heavy atom. The van der Waals surface area contributed by atoms with Gasteiger partial charge in [-0.3, -0.25) is 0 Å². The molecule has 0 atom stereocenters. The normalized spacial score (nSPS) is 10.3. The van der Waals surface area contributed by atoms with Crippen LogP contribution in [0.25, 0.3) is 16.5 Å². The second-order valence-corrected chi connectivity index (χ2v) is 6.05. The third kappa shape index (κ3) is 4.07. The third-order valence-corrected chi connectivity index (χ3v) is 4.01. The summed E-state index contributed by atoms with van der Waals surface area (Å²) in [5.74, 6) is -0.322. The minimum absolute atomic E-state index is 0.156. The molecule has 0 saturated carbocycles. The van der Waals surface area contributed by atoms with Crippen LogP contribution in [-0.2, 0) is 0 Å². The Hall–Kier alpha value is -3.80. The van der Waals surface area contributed by atoms with E-state index in [0.29, 0.717) is 11.5 Å². The summed E-state index contributed by atoms with van der Waals surface area (Å²) in [6, 6.07) is 22.5. The Labute approximate surface area is 156 Å². The number of nitrogens with zero attached hydrogens (tertiary/aromatic N) is 2. The summed E-state index contributed by atoms with van der Waals surface area (Å²) >= 11 is 0. The highest BCUT2D eigenvalue weighted by Gasteiger charge is 2.08. The highest BCUT2D eigenvalue weighted by atomic mass is 16.4. The summed E-state index contributed by atoms with van der Waals surface area (Å²) in [6.45, 7) is 1.93. The molecular weight excluding hydrogens is 340 g/mol. The van der Waals surface area contributed by atoms with Crippen LogP contribution in [0, 0.1) is 6.92 Å². The highest BCUT2D eigenvalue weighted by molar-refractivity contribution is 6.00. The van der Waals surface area contributed by atoms with E-state index in [-0.39, 0.29) is 5.56 Å². The molecule has 6 nitrogen and oxygen atoms in total. The second-order valence-electron chi connectivity index (χ2n) is 6.05. The summed E-state index contributed by atoms with van der Waals surface area (Å²) in [4.78, 5) is 10.8. The number of aromatic nitrogens is 2. The van der Waals surface area contributed by atoms with Gasteiger partial charge in [-0.25, -0.2) is 9.48 Å². The van der Waals surface area contributed by atoms with E-state index < -0.39 is 5.97 Å². The lowest BCUT2D eigenvalue weighted by Crippen LogP contribution is -2.01. The van der Waals surface area contributed by atoms with Gasteiger partial charge in [0.15, 0.2) is 0 Å². The van der Waals surface area contributed by atoms with E-state index in [0.717, 1.165) is 22.2 Å². The zero-order chi connectivity index (χ0) is 19.4. The maximum absolute atomic E-state index is 10.8. The molecule has 6 heteroatoms. The van der Waals surface area contributed by atoms with E-state index in [4.69, 9.17) is 16.6 Å². The number of rotatable bonds is 2. The van der Waals surface area contributed by atoms with Crippen LogP contribution < -0.4 is 11.5 Å². The van der Waals surface area contributed by atoms with Crippen LogP contribution in [0.4, 0.5) is 11.5 Å². The van der Waals surface area contributed by atoms with Gasteiger partial charge in [0, 0.05) is 11.8 Å². The van der Waals surface area contributed by atoms with Gasteiger partial charge in [-0.15, -0.1) is 0 Å². The van der Waals surface area contributed by atoms with Crippen LogP contribution in [0.15, 0.2) is 72.8 Å². The van der Waals surface area contributed by atoms with Crippen molar-refractivity contribution in [2.45, 2.75) is 6.92 Å². The number of aryl methyl sites for hydroxylation is 1. The first kappa shape index (κ1) is 18.0. The number of nitrogen functional groups attached to an aromatic ring is 2. The van der Waals surface area contributed by atoms with Gasteiger partial charge >= 0.3 is 5.97 Å². The van der Waals surface area contributed by atoms with Crippen molar-refractivity contribution in [1.29, 1.82) is 0 Å². The minimum atomic E-state index is -0.992. The van der Waals surface area contributed by atoms with Crippen LogP contribution in [0.3, 0.4) is 0 Å². The highest BCUT2D eigenvalue weighted by Crippen LogP contribution is 2.21. The molecule has 0 aliphatic heterocycles. The monoisotopic (exact) mass is 360 g/mol. The number of carboxylic acid groups (broad SMARTS) is 1. The van der Waals surface area contributed by atoms with Crippen molar-refractivity contribution in [3.8, 4) is 5.69 Å². The fraction of sp³-hybridized carbons (Fsp3) is 0.0476. The Balaban J connectivity index is 0.000000156. The summed E-state index contributed by atoms with van der Waals surface area (Å²) < 4.78 is 1.73. The average Bonchev–Trinajstić information content (AvgIpc) is 3.00. The number of carboxylic acids is 1. The minimum Gasteiger partial charge on any atom is -0.478 e. The van der Waals surface area contributed by atoms with Gasteiger partial charge in [0.2, 0.25) is 0 Å². The number of carbonyl (C=O) groups is 1. The van der Waals surface area contributed by atoms with E-state index in [9.17, 15) is 4.79 Å². The summed E-state index contributed by atoms with van der Waals surface area (Å²) in [5, 5.41) is 15.0. The molecule has 0 saturated heterocycles. The summed E-state index contributed by atoms with van der Waals surface area (Å²) in [7, 11) is 0. The Bertz CT molecular complexity index is 1090. The number of hydrogen-bond donors (Lipinski definition) is 3. The second kappa shape index (κ2) is 7.61. The lowest BCUT2D eigenvalue weighted by Gasteiger charge is -2.03. The molecule has 1 heterocycles. The lowest BCUT2D eigenvalue weighted by atomic mass is 10.1. The average molecular weight is 360 g/mol. The molecule has 0 radical (unpaired) electrons. The Morgan fingerprint density at radius 1 is 0.926 bits per heavy atom. The van der Waals surface area contributed by atoms with Gasteiger partial charge in [-0.1, -0.05) is 42.5 Å². The fourth-order valence-electron chi connectivity index (χ4n) is 2.74. The van der Waals surface area contributed by atoms with E-state index in [1.807, 2.05) is 67.6 Å². The SMILES string of the molecule is Cc1cc(N)n(-c2ccccc2)n1.Nc1cc2ccccc2cc1C(=O)O. The number of hydrogen-bond acceptors (Lipinski definition) is 4. The first-order valence-electron chi connectivity index (χ1n) is 8.35. The quantitative estimate of drug-likeness (QED) is 0.470. The van der Waals surface area contributed by atoms with Crippen LogP contribution >= 0.6 is 0 Å². The molecule has 0 aliphatic rings. The molecule has 3 aromatic carbocycles. The molecule has 4 rings (SSSR count). The van der Waals surface area contributed by atoms with E-state index in [1.165, 1.54) is 0 Å². The van der Waals surface area contributed by atoms with Gasteiger partial charge in [0.1, 0.15) is 5.82 Å². The summed E-state index contributed by atoms with van der Waals surface area (Å²) in [5.41, 5.74) is 13.8. The summed E-state index contributed by atoms with van der Waals surface area (Å²) in [6.07, 6.45) is 0. The van der Waals surface area contributed by atoms with Crippen molar-refractivity contribution in [3.63, 3.8) is 0 Å². The van der Waals surface area contributed by atoms with Crippen molar-refractivity contribution in [3.05, 3.63) is 84.1 Å². The molecule has 0 bridgehead atoms. The standard InChI is InChI=1S/C11H9NO2.C10H11N3/c12-10-6-8-4-2-1-3-7(8)5-9(10)11(13)14;1-8-7-10(11)13(12-8)9-5-3-2-4-6-9/h1-6H,12H2,(H,13,14);2-7H,11H2,1H3. The maximum Gasteiger partial charge on any atom is 0.337 e. The van der Waals surface area contributed by atoms with E-state index in [1.54, 1.807) is 16.8 Å². The van der Waals surface area contributed by atoms with Gasteiger partial charge in [0.25, 0.3) is 0 Å². The van der Waals surface area contributed by atoms with Gasteiger partial charge < -0.3 is 16.6 Å². The van der Waals surface area contributed by atoms with E-state index in [2.05, 4.69) is 5.10 Å². The van der Waals surface area contributed by atoms with Gasteiger partial charge in [-0.05, 0) is 42.0 Å². The van der Waals surface area contributed by atoms with Gasteiger partial charge in [0.05, 0.1) is 16.9 Å². The largest absolute Gasteiger partial charge is 0.478 e. The van der Waals surface area contributed by atoms with Crippen molar-refractivity contribution in [1.82, 2.24) is 9.78 Å². The maximum atomic E-state index is 10.8. The smallest absolute Gasteiger partial charge is 0.337 e. The number of para-hydroxylation sites is 1. The van der Waals surface area contributed by atoms with Crippen molar-refractivity contribution in [2.75, 3.05) is 11.5 Å². The van der Waals surface area contributed by atoms with Crippen LogP contribution in [0.2, 0.25) is 0 Å². The molecule has 136 valence electrons. The zero-order valence-electron chi connectivity index (χ0n) is 14.8. The van der Waals surface area contributed by atoms with Crippen LogP contribution in [0.1, 0.15) is 16.1 Å². The third-order valence-electron chi connectivity index (χ3n) is 4.01. The fourth-order valence-corrected chi connectivity index (χ4v) is 2.74. The Morgan fingerprint density at radius 3 is 2.07 bits per heavy atom. The van der Waals surface area contributed by atoms with Gasteiger partial charge in [-0.2, -0.15) is 5.10 Å². The van der Waals surface area contributed by atoms with Crippen LogP contribution in [-0.4, -0.2) is 20.9 Å². The molecule has 0 amide bonds. The molecule has 0 fully saturated rings. The molecular formula is C21H20N4O2. The first-order valence-corrected chi connectivity index (χ1v) is 8.35. The van der Waals surface area contributed by atoms with E-state index >= 15 is 0 Å². The van der Waals surface area contributed by atoms with Crippen LogP contribution in [0.5, 0.6) is 0 Å². The number of benzene rings is 3.